The summed E-state index contributed by atoms with van der Waals surface area (Å²) >= 11 is 5.61. The molecule has 0 aromatic rings. The third-order valence-electron chi connectivity index (χ3n) is 1.37. The number of hydrogen-bond acceptors (Lipinski definition) is 4. The standard InChI is InChI=1S/C10H18O2S2/c1-10(2,3)9(11)12-8-14-7-5-4-6-13/h4-5,13H,6-8H2,1-3H3. The lowest BCUT2D eigenvalue weighted by Gasteiger charge is -2.15. The number of hydrogen-bond donors (Lipinski definition) is 1. The second-order valence-electron chi connectivity index (χ2n) is 3.82. The minimum absolute atomic E-state index is 0.150. The summed E-state index contributed by atoms with van der Waals surface area (Å²) in [4.78, 5) is 11.3. The van der Waals surface area contributed by atoms with Crippen molar-refractivity contribution in [2.24, 2.45) is 5.41 Å². The van der Waals surface area contributed by atoms with Crippen molar-refractivity contribution in [1.29, 1.82) is 0 Å². The first-order valence-electron chi connectivity index (χ1n) is 4.49. The van der Waals surface area contributed by atoms with Crippen LogP contribution in [0.25, 0.3) is 0 Å². The van der Waals surface area contributed by atoms with Crippen LogP contribution in [0.4, 0.5) is 0 Å². The van der Waals surface area contributed by atoms with Gasteiger partial charge >= 0.3 is 5.97 Å². The van der Waals surface area contributed by atoms with E-state index in [1.807, 2.05) is 32.9 Å². The summed E-state index contributed by atoms with van der Waals surface area (Å²) in [5.74, 6) is 1.89. The Bertz CT molecular complexity index is 195. The fourth-order valence-corrected chi connectivity index (χ4v) is 1.28. The maximum atomic E-state index is 11.3. The molecular weight excluding hydrogens is 216 g/mol. The van der Waals surface area contributed by atoms with E-state index in [9.17, 15) is 4.79 Å². The molecule has 0 aromatic heterocycles. The molecule has 0 amide bonds. The minimum atomic E-state index is -0.401. The summed E-state index contributed by atoms with van der Waals surface area (Å²) in [6, 6.07) is 0. The zero-order chi connectivity index (χ0) is 11.0. The number of carbonyl (C=O) groups excluding carboxylic acids is 1. The average molecular weight is 234 g/mol. The van der Waals surface area contributed by atoms with Crippen molar-refractivity contribution in [3.8, 4) is 0 Å². The van der Waals surface area contributed by atoms with Crippen LogP contribution in [-0.2, 0) is 9.53 Å². The van der Waals surface area contributed by atoms with Crippen LogP contribution in [-0.4, -0.2) is 23.4 Å². The van der Waals surface area contributed by atoms with E-state index in [1.54, 1.807) is 11.8 Å². The van der Waals surface area contributed by atoms with E-state index in [-0.39, 0.29) is 5.97 Å². The van der Waals surface area contributed by atoms with Crippen LogP contribution < -0.4 is 0 Å². The highest BCUT2D eigenvalue weighted by Crippen LogP contribution is 2.16. The predicted octanol–water partition coefficient (Wildman–Crippen LogP) is 2.75. The van der Waals surface area contributed by atoms with Gasteiger partial charge in [-0.2, -0.15) is 12.6 Å². The van der Waals surface area contributed by atoms with Gasteiger partial charge in [-0.15, -0.1) is 11.8 Å². The van der Waals surface area contributed by atoms with E-state index in [0.717, 1.165) is 11.5 Å². The Kier molecular flexibility index (Phi) is 7.19. The molecule has 2 nitrogen and oxygen atoms in total. The maximum Gasteiger partial charge on any atom is 0.312 e. The maximum absolute atomic E-state index is 11.3. The summed E-state index contributed by atoms with van der Waals surface area (Å²) in [6.07, 6.45) is 3.99. The first-order valence-corrected chi connectivity index (χ1v) is 6.28. The second kappa shape index (κ2) is 7.23. The average Bonchev–Trinajstić information content (AvgIpc) is 2.09. The highest BCUT2D eigenvalue weighted by molar-refractivity contribution is 7.99. The van der Waals surface area contributed by atoms with Crippen molar-refractivity contribution in [2.75, 3.05) is 17.4 Å². The van der Waals surface area contributed by atoms with E-state index in [1.165, 1.54) is 0 Å². The molecule has 14 heavy (non-hydrogen) atoms. The van der Waals surface area contributed by atoms with Gasteiger partial charge in [0.25, 0.3) is 0 Å². The van der Waals surface area contributed by atoms with E-state index in [0.29, 0.717) is 5.94 Å². The summed E-state index contributed by atoms with van der Waals surface area (Å²) < 4.78 is 5.06. The fraction of sp³-hybridized carbons (Fsp3) is 0.700. The molecule has 0 atom stereocenters. The Morgan fingerprint density at radius 2 is 2.07 bits per heavy atom. The van der Waals surface area contributed by atoms with Gasteiger partial charge in [0.2, 0.25) is 0 Å². The third-order valence-corrected chi connectivity index (χ3v) is 2.30. The van der Waals surface area contributed by atoms with Gasteiger partial charge in [0.1, 0.15) is 5.94 Å². The van der Waals surface area contributed by atoms with E-state index in [4.69, 9.17) is 4.74 Å². The fourth-order valence-electron chi connectivity index (χ4n) is 0.570. The smallest absolute Gasteiger partial charge is 0.312 e. The molecule has 0 rings (SSSR count). The molecule has 0 aliphatic carbocycles. The zero-order valence-electron chi connectivity index (χ0n) is 8.95. The third kappa shape index (κ3) is 7.33. The number of thioether (sulfide) groups is 1. The molecule has 4 heteroatoms. The number of ether oxygens (including phenoxy) is 1. The molecule has 0 fully saturated rings. The van der Waals surface area contributed by atoms with Gasteiger partial charge in [-0.1, -0.05) is 12.2 Å². The van der Waals surface area contributed by atoms with Crippen molar-refractivity contribution in [1.82, 2.24) is 0 Å². The summed E-state index contributed by atoms with van der Waals surface area (Å²) in [5.41, 5.74) is -0.401. The first-order chi connectivity index (χ1) is 6.48. The van der Waals surface area contributed by atoms with E-state index >= 15 is 0 Å². The molecular formula is C10H18O2S2. The van der Waals surface area contributed by atoms with Crippen LogP contribution in [0.2, 0.25) is 0 Å². The molecule has 0 aromatic carbocycles. The molecule has 0 spiro atoms. The molecule has 0 unspecified atom stereocenters. The normalized spacial score (nSPS) is 12.0. The van der Waals surface area contributed by atoms with Crippen LogP contribution in [0.15, 0.2) is 12.2 Å². The van der Waals surface area contributed by atoms with Gasteiger partial charge < -0.3 is 4.74 Å². The lowest BCUT2D eigenvalue weighted by atomic mass is 9.98. The molecule has 82 valence electrons. The Morgan fingerprint density at radius 3 is 2.57 bits per heavy atom. The molecule has 0 saturated carbocycles. The molecule has 0 aliphatic heterocycles. The number of esters is 1. The van der Waals surface area contributed by atoms with E-state index in [2.05, 4.69) is 12.6 Å². The van der Waals surface area contributed by atoms with Crippen molar-refractivity contribution >= 4 is 30.4 Å². The monoisotopic (exact) mass is 234 g/mol. The molecule has 0 N–H and O–H groups in total. The van der Waals surface area contributed by atoms with Gasteiger partial charge in [0.15, 0.2) is 0 Å². The Balaban J connectivity index is 3.46. The van der Waals surface area contributed by atoms with Crippen molar-refractivity contribution in [2.45, 2.75) is 20.8 Å². The summed E-state index contributed by atoms with van der Waals surface area (Å²) in [7, 11) is 0. The highest BCUT2D eigenvalue weighted by atomic mass is 32.2. The van der Waals surface area contributed by atoms with Crippen molar-refractivity contribution in [3.63, 3.8) is 0 Å². The van der Waals surface area contributed by atoms with Gasteiger partial charge in [-0.3, -0.25) is 4.79 Å². The SMILES string of the molecule is CC(C)(C)C(=O)OCSCC=CCS. The number of thiol groups is 1. The summed E-state index contributed by atoms with van der Waals surface area (Å²) in [6.45, 7) is 5.54. The van der Waals surface area contributed by atoms with Crippen LogP contribution in [0, 0.1) is 5.41 Å². The van der Waals surface area contributed by atoms with Crippen LogP contribution in [0.1, 0.15) is 20.8 Å². The Labute approximate surface area is 95.9 Å². The van der Waals surface area contributed by atoms with Crippen molar-refractivity contribution < 1.29 is 9.53 Å². The van der Waals surface area contributed by atoms with Gasteiger partial charge in [-0.05, 0) is 20.8 Å². The van der Waals surface area contributed by atoms with Gasteiger partial charge in [0, 0.05) is 11.5 Å². The van der Waals surface area contributed by atoms with Crippen LogP contribution in [0.5, 0.6) is 0 Å². The molecule has 0 saturated heterocycles. The Hall–Kier alpha value is -0.0900. The topological polar surface area (TPSA) is 26.3 Å². The van der Waals surface area contributed by atoms with Gasteiger partial charge in [-0.25, -0.2) is 0 Å². The quantitative estimate of drug-likeness (QED) is 0.260. The number of rotatable bonds is 5. The molecule has 0 bridgehead atoms. The Morgan fingerprint density at radius 1 is 1.43 bits per heavy atom. The largest absolute Gasteiger partial charge is 0.454 e. The summed E-state index contributed by atoms with van der Waals surface area (Å²) in [5, 5.41) is 0. The first kappa shape index (κ1) is 13.9. The molecule has 0 heterocycles. The lowest BCUT2D eigenvalue weighted by Crippen LogP contribution is -2.22. The second-order valence-corrected chi connectivity index (χ2v) is 5.17. The van der Waals surface area contributed by atoms with E-state index < -0.39 is 5.41 Å². The van der Waals surface area contributed by atoms with Crippen LogP contribution >= 0.6 is 24.4 Å². The minimum Gasteiger partial charge on any atom is -0.454 e. The zero-order valence-corrected chi connectivity index (χ0v) is 10.7. The predicted molar refractivity (Wildman–Crippen MR) is 65.9 cm³/mol. The molecule has 0 radical (unpaired) electrons. The van der Waals surface area contributed by atoms with Crippen LogP contribution in [0.3, 0.4) is 0 Å². The van der Waals surface area contributed by atoms with Gasteiger partial charge in [0.05, 0.1) is 5.41 Å². The number of carbonyl (C=O) groups is 1. The highest BCUT2D eigenvalue weighted by Gasteiger charge is 2.22. The van der Waals surface area contributed by atoms with Crippen molar-refractivity contribution in [3.05, 3.63) is 12.2 Å². The lowest BCUT2D eigenvalue weighted by molar-refractivity contribution is -0.150. The molecule has 0 aliphatic rings.